The van der Waals surface area contributed by atoms with Gasteiger partial charge < -0.3 is 20.3 Å². The number of aromatic nitrogens is 2. The summed E-state index contributed by atoms with van der Waals surface area (Å²) in [5, 5.41) is 6.58. The minimum absolute atomic E-state index is 0.0111. The van der Waals surface area contributed by atoms with Gasteiger partial charge in [0, 0.05) is 37.3 Å². The van der Waals surface area contributed by atoms with Gasteiger partial charge in [0.15, 0.2) is 6.61 Å². The van der Waals surface area contributed by atoms with E-state index >= 15 is 0 Å². The van der Waals surface area contributed by atoms with Crippen molar-refractivity contribution in [2.24, 2.45) is 0 Å². The van der Waals surface area contributed by atoms with E-state index in [0.717, 1.165) is 61.0 Å². The first-order valence-corrected chi connectivity index (χ1v) is 10.6. The lowest BCUT2D eigenvalue weighted by Crippen LogP contribution is -2.44. The number of hydrogen-bond donors (Lipinski definition) is 2. The fourth-order valence-corrected chi connectivity index (χ4v) is 3.72. The summed E-state index contributed by atoms with van der Waals surface area (Å²) in [5.74, 6) is 0.185. The van der Waals surface area contributed by atoms with Crippen LogP contribution in [0.5, 0.6) is 5.75 Å². The van der Waals surface area contributed by atoms with Gasteiger partial charge in [-0.2, -0.15) is 13.2 Å². The Kier molecular flexibility index (Phi) is 6.57. The summed E-state index contributed by atoms with van der Waals surface area (Å²) in [6, 6.07) is 7.99. The number of amides is 1. The molecule has 1 aliphatic heterocycles. The summed E-state index contributed by atoms with van der Waals surface area (Å²) < 4.78 is 43.5. The molecule has 3 aromatic rings. The molecule has 0 radical (unpaired) electrons. The Morgan fingerprint density at radius 2 is 1.94 bits per heavy atom. The number of piperazine rings is 1. The molecule has 11 heteroatoms. The Morgan fingerprint density at radius 1 is 1.18 bits per heavy atom. The summed E-state index contributed by atoms with van der Waals surface area (Å²) in [6.45, 7) is 4.90. The summed E-state index contributed by atoms with van der Waals surface area (Å²) in [7, 11) is 0. The van der Waals surface area contributed by atoms with Gasteiger partial charge in [-0.1, -0.05) is 11.6 Å². The van der Waals surface area contributed by atoms with Crippen LogP contribution < -0.4 is 20.3 Å². The second-order valence-electron chi connectivity index (χ2n) is 7.56. The lowest BCUT2D eigenvalue weighted by atomic mass is 10.1. The van der Waals surface area contributed by atoms with E-state index in [9.17, 15) is 18.0 Å². The van der Waals surface area contributed by atoms with Crippen LogP contribution in [0.2, 0.25) is 5.02 Å². The van der Waals surface area contributed by atoms with Gasteiger partial charge in [-0.15, -0.1) is 0 Å². The molecule has 2 aromatic carbocycles. The van der Waals surface area contributed by atoms with Crippen LogP contribution in [-0.4, -0.2) is 48.7 Å². The highest BCUT2D eigenvalue weighted by Crippen LogP contribution is 2.34. The smallest absolute Gasteiger partial charge is 0.416 e. The van der Waals surface area contributed by atoms with Crippen molar-refractivity contribution in [3.63, 3.8) is 0 Å². The Hall–Kier alpha value is -3.11. The van der Waals surface area contributed by atoms with Crippen LogP contribution in [0.15, 0.2) is 36.4 Å². The molecule has 4 rings (SSSR count). The normalized spacial score (nSPS) is 14.4. The highest BCUT2D eigenvalue weighted by atomic mass is 35.5. The van der Waals surface area contributed by atoms with Crippen molar-refractivity contribution in [3.05, 3.63) is 52.7 Å². The average Bonchev–Trinajstić information content (AvgIpc) is 2.78. The van der Waals surface area contributed by atoms with Crippen molar-refractivity contribution in [2.75, 3.05) is 43.0 Å². The third-order valence-corrected chi connectivity index (χ3v) is 5.47. The van der Waals surface area contributed by atoms with Crippen molar-refractivity contribution in [2.45, 2.75) is 13.1 Å². The molecule has 0 saturated carbocycles. The first kappa shape index (κ1) is 23.1. The van der Waals surface area contributed by atoms with Crippen molar-refractivity contribution in [1.29, 1.82) is 0 Å². The van der Waals surface area contributed by atoms with E-state index in [2.05, 4.69) is 25.5 Å². The number of benzene rings is 2. The predicted molar refractivity (Wildman–Crippen MR) is 120 cm³/mol. The Labute approximate surface area is 192 Å². The zero-order chi connectivity index (χ0) is 23.6. The molecule has 0 unspecified atom stereocenters. The number of carbonyl (C=O) groups is 1. The maximum atomic E-state index is 12.7. The van der Waals surface area contributed by atoms with Crippen LogP contribution in [0, 0.1) is 6.92 Å². The first-order chi connectivity index (χ1) is 15.7. The standard InChI is InChI=1S/C22H21ClF3N5O2/c1-13-16-11-15(3-4-18(16)30-21(28-13)31-8-6-27-7-9-31)29-20(32)12-33-19-5-2-14(10-17(19)23)22(24,25)26/h2-5,10-11,27H,6-9,12H2,1H3,(H,29,32). The number of hydrogen-bond acceptors (Lipinski definition) is 6. The molecule has 174 valence electrons. The fraction of sp³-hybridized carbons (Fsp3) is 0.318. The molecule has 2 heterocycles. The Morgan fingerprint density at radius 3 is 2.64 bits per heavy atom. The molecule has 2 N–H and O–H groups in total. The molecule has 1 aromatic heterocycles. The van der Waals surface area contributed by atoms with E-state index in [-0.39, 0.29) is 10.8 Å². The van der Waals surface area contributed by atoms with Crippen molar-refractivity contribution in [1.82, 2.24) is 15.3 Å². The van der Waals surface area contributed by atoms with Gasteiger partial charge in [-0.05, 0) is 43.3 Å². The second kappa shape index (κ2) is 9.40. The minimum Gasteiger partial charge on any atom is -0.482 e. The van der Waals surface area contributed by atoms with Gasteiger partial charge in [-0.25, -0.2) is 9.97 Å². The molecule has 1 fully saturated rings. The van der Waals surface area contributed by atoms with Crippen molar-refractivity contribution in [3.8, 4) is 5.75 Å². The summed E-state index contributed by atoms with van der Waals surface area (Å²) in [6.07, 6.45) is -4.51. The van der Waals surface area contributed by atoms with Gasteiger partial charge in [0.2, 0.25) is 5.95 Å². The van der Waals surface area contributed by atoms with Gasteiger partial charge in [0.1, 0.15) is 5.75 Å². The Balaban J connectivity index is 1.42. The monoisotopic (exact) mass is 479 g/mol. The molecule has 0 aliphatic carbocycles. The van der Waals surface area contributed by atoms with Crippen LogP contribution in [0.1, 0.15) is 11.3 Å². The van der Waals surface area contributed by atoms with Crippen LogP contribution >= 0.6 is 11.6 Å². The number of ether oxygens (including phenoxy) is 1. The summed E-state index contributed by atoms with van der Waals surface area (Å²) in [4.78, 5) is 23.7. The van der Waals surface area contributed by atoms with Gasteiger partial charge in [-0.3, -0.25) is 4.79 Å². The largest absolute Gasteiger partial charge is 0.482 e. The number of halogens is 4. The highest BCUT2D eigenvalue weighted by molar-refractivity contribution is 6.32. The van der Waals surface area contributed by atoms with E-state index < -0.39 is 24.3 Å². The highest BCUT2D eigenvalue weighted by Gasteiger charge is 2.31. The number of fused-ring (bicyclic) bond motifs is 1. The lowest BCUT2D eigenvalue weighted by molar-refractivity contribution is -0.137. The third-order valence-electron chi connectivity index (χ3n) is 5.18. The van der Waals surface area contributed by atoms with E-state index in [4.69, 9.17) is 16.3 Å². The van der Waals surface area contributed by atoms with Gasteiger partial charge >= 0.3 is 6.18 Å². The first-order valence-electron chi connectivity index (χ1n) is 10.2. The topological polar surface area (TPSA) is 79.4 Å². The molecular formula is C22H21ClF3N5O2. The lowest BCUT2D eigenvalue weighted by Gasteiger charge is -2.27. The van der Waals surface area contributed by atoms with E-state index in [1.807, 2.05) is 6.92 Å². The van der Waals surface area contributed by atoms with E-state index in [0.29, 0.717) is 11.6 Å². The number of alkyl halides is 3. The van der Waals surface area contributed by atoms with Crippen molar-refractivity contribution < 1.29 is 22.7 Å². The van der Waals surface area contributed by atoms with Crippen LogP contribution in [-0.2, 0) is 11.0 Å². The van der Waals surface area contributed by atoms with Gasteiger partial charge in [0.25, 0.3) is 5.91 Å². The number of nitrogens with one attached hydrogen (secondary N) is 2. The minimum atomic E-state index is -4.51. The van der Waals surface area contributed by atoms with Gasteiger partial charge in [0.05, 0.1) is 21.8 Å². The summed E-state index contributed by atoms with van der Waals surface area (Å²) in [5.41, 5.74) is 1.19. The maximum absolute atomic E-state index is 12.7. The molecule has 7 nitrogen and oxygen atoms in total. The molecule has 1 aliphatic rings. The number of anilines is 2. The quantitative estimate of drug-likeness (QED) is 0.575. The average molecular weight is 480 g/mol. The number of carbonyl (C=O) groups excluding carboxylic acids is 1. The van der Waals surface area contributed by atoms with E-state index in [1.54, 1.807) is 18.2 Å². The van der Waals surface area contributed by atoms with Crippen LogP contribution in [0.4, 0.5) is 24.8 Å². The predicted octanol–water partition coefficient (Wildman–Crippen LogP) is 4.04. The molecule has 0 spiro atoms. The zero-order valence-electron chi connectivity index (χ0n) is 17.7. The number of aryl methyl sites for hydroxylation is 1. The zero-order valence-corrected chi connectivity index (χ0v) is 18.4. The number of rotatable bonds is 5. The fourth-order valence-electron chi connectivity index (χ4n) is 3.48. The third kappa shape index (κ3) is 5.45. The Bertz CT molecular complexity index is 1180. The van der Waals surface area contributed by atoms with E-state index in [1.165, 1.54) is 0 Å². The molecule has 0 bridgehead atoms. The second-order valence-corrected chi connectivity index (χ2v) is 7.97. The van der Waals surface area contributed by atoms with Crippen LogP contribution in [0.3, 0.4) is 0 Å². The molecule has 0 atom stereocenters. The molecule has 33 heavy (non-hydrogen) atoms. The molecular weight excluding hydrogens is 459 g/mol. The summed E-state index contributed by atoms with van der Waals surface area (Å²) >= 11 is 5.85. The molecule has 1 amide bonds. The maximum Gasteiger partial charge on any atom is 0.416 e. The van der Waals surface area contributed by atoms with Crippen molar-refractivity contribution >= 4 is 40.0 Å². The van der Waals surface area contributed by atoms with Crippen LogP contribution in [0.25, 0.3) is 10.9 Å². The number of nitrogens with zero attached hydrogens (tertiary/aromatic N) is 3. The molecule has 1 saturated heterocycles. The SMILES string of the molecule is Cc1nc(N2CCNCC2)nc2ccc(NC(=O)COc3ccc(C(F)(F)F)cc3Cl)cc12.